The van der Waals surface area contributed by atoms with E-state index in [0.717, 1.165) is 31.4 Å². The molecule has 0 radical (unpaired) electrons. The number of rotatable bonds is 2. The van der Waals surface area contributed by atoms with Crippen LogP contribution in [-0.2, 0) is 0 Å². The number of carbonyl (C=O) groups excluding carboxylic acids is 1. The zero-order chi connectivity index (χ0) is 13.1. The van der Waals surface area contributed by atoms with E-state index in [0.29, 0.717) is 10.6 Å². The molecule has 1 aromatic heterocycles. The van der Waals surface area contributed by atoms with Gasteiger partial charge in [0.1, 0.15) is 0 Å². The topological polar surface area (TPSA) is 62.2 Å². The summed E-state index contributed by atoms with van der Waals surface area (Å²) in [7, 11) is 0. The van der Waals surface area contributed by atoms with Crippen LogP contribution in [0.2, 0.25) is 5.02 Å². The van der Waals surface area contributed by atoms with Crippen molar-refractivity contribution in [2.24, 2.45) is 0 Å². The van der Waals surface area contributed by atoms with Crippen molar-refractivity contribution >= 4 is 17.5 Å². The number of aryl methyl sites for hydroxylation is 1. The van der Waals surface area contributed by atoms with Gasteiger partial charge in [0.25, 0.3) is 5.91 Å². The largest absolute Gasteiger partial charge is 0.391 e. The maximum Gasteiger partial charge on any atom is 0.254 e. The Morgan fingerprint density at radius 3 is 2.89 bits per heavy atom. The summed E-state index contributed by atoms with van der Waals surface area (Å²) >= 11 is 6.02. The SMILES string of the molecule is Cc1cc(Cl)c(C(=O)N[C@@H]2CCCC[C@H]2O)cn1. The molecule has 0 spiro atoms. The lowest BCUT2D eigenvalue weighted by molar-refractivity contribution is 0.0717. The molecule has 1 heterocycles. The smallest absolute Gasteiger partial charge is 0.254 e. The van der Waals surface area contributed by atoms with E-state index in [-0.39, 0.29) is 11.9 Å². The van der Waals surface area contributed by atoms with Crippen molar-refractivity contribution in [3.63, 3.8) is 0 Å². The fourth-order valence-corrected chi connectivity index (χ4v) is 2.51. The van der Waals surface area contributed by atoms with Crippen LogP contribution in [0.5, 0.6) is 0 Å². The highest BCUT2D eigenvalue weighted by Gasteiger charge is 2.25. The van der Waals surface area contributed by atoms with Crippen LogP contribution in [0.15, 0.2) is 12.3 Å². The maximum absolute atomic E-state index is 12.0. The summed E-state index contributed by atoms with van der Waals surface area (Å²) in [6.45, 7) is 1.82. The first kappa shape index (κ1) is 13.3. The summed E-state index contributed by atoms with van der Waals surface area (Å²) in [6.07, 6.45) is 4.61. The molecule has 4 nitrogen and oxygen atoms in total. The van der Waals surface area contributed by atoms with Gasteiger partial charge >= 0.3 is 0 Å². The molecular weight excluding hydrogens is 252 g/mol. The van der Waals surface area contributed by atoms with E-state index in [4.69, 9.17) is 11.6 Å². The predicted octanol–water partition coefficient (Wildman–Crippen LogP) is 2.08. The number of aliphatic hydroxyl groups is 1. The normalized spacial score (nSPS) is 23.7. The third kappa shape index (κ3) is 3.00. The average Bonchev–Trinajstić information content (AvgIpc) is 2.32. The van der Waals surface area contributed by atoms with Crippen molar-refractivity contribution in [2.75, 3.05) is 0 Å². The van der Waals surface area contributed by atoms with Gasteiger partial charge in [-0.05, 0) is 25.8 Å². The minimum Gasteiger partial charge on any atom is -0.391 e. The van der Waals surface area contributed by atoms with Gasteiger partial charge in [0.2, 0.25) is 0 Å². The van der Waals surface area contributed by atoms with Crippen molar-refractivity contribution in [3.8, 4) is 0 Å². The molecular formula is C13H17ClN2O2. The van der Waals surface area contributed by atoms with Crippen molar-refractivity contribution in [1.29, 1.82) is 0 Å². The Bertz CT molecular complexity index is 451. The number of hydrogen-bond acceptors (Lipinski definition) is 3. The first-order valence-electron chi connectivity index (χ1n) is 6.19. The number of nitrogens with zero attached hydrogens (tertiary/aromatic N) is 1. The van der Waals surface area contributed by atoms with Gasteiger partial charge in [-0.3, -0.25) is 9.78 Å². The first-order valence-corrected chi connectivity index (χ1v) is 6.57. The Kier molecular flexibility index (Phi) is 4.19. The van der Waals surface area contributed by atoms with Crippen LogP contribution in [0.1, 0.15) is 41.7 Å². The second-order valence-electron chi connectivity index (χ2n) is 4.74. The van der Waals surface area contributed by atoms with E-state index in [9.17, 15) is 9.90 Å². The summed E-state index contributed by atoms with van der Waals surface area (Å²) in [5.74, 6) is -0.265. The second-order valence-corrected chi connectivity index (χ2v) is 5.14. The third-order valence-electron chi connectivity index (χ3n) is 3.28. The number of halogens is 1. The van der Waals surface area contributed by atoms with E-state index in [1.54, 1.807) is 6.07 Å². The molecule has 2 atom stereocenters. The number of nitrogens with one attached hydrogen (secondary N) is 1. The van der Waals surface area contributed by atoms with Gasteiger partial charge in [0.05, 0.1) is 22.7 Å². The van der Waals surface area contributed by atoms with Crippen LogP contribution in [0.25, 0.3) is 0 Å². The van der Waals surface area contributed by atoms with Crippen molar-refractivity contribution < 1.29 is 9.90 Å². The highest BCUT2D eigenvalue weighted by molar-refractivity contribution is 6.33. The Labute approximate surface area is 111 Å². The standard InChI is InChI=1S/C13H17ClN2O2/c1-8-6-10(14)9(7-15-8)13(18)16-11-4-2-3-5-12(11)17/h6-7,11-12,17H,2-5H2,1H3,(H,16,18)/t11-,12-/m1/s1. The highest BCUT2D eigenvalue weighted by atomic mass is 35.5. The van der Waals surface area contributed by atoms with Crippen LogP contribution in [0, 0.1) is 6.92 Å². The Hall–Kier alpha value is -1.13. The van der Waals surface area contributed by atoms with Gasteiger partial charge < -0.3 is 10.4 Å². The molecule has 1 saturated carbocycles. The molecule has 1 aliphatic carbocycles. The zero-order valence-corrected chi connectivity index (χ0v) is 11.1. The summed E-state index contributed by atoms with van der Waals surface area (Å²) in [4.78, 5) is 16.1. The molecule has 18 heavy (non-hydrogen) atoms. The monoisotopic (exact) mass is 268 g/mol. The van der Waals surface area contributed by atoms with E-state index in [2.05, 4.69) is 10.3 Å². The third-order valence-corrected chi connectivity index (χ3v) is 3.59. The lowest BCUT2D eigenvalue weighted by atomic mass is 9.92. The summed E-state index contributed by atoms with van der Waals surface area (Å²) in [5, 5.41) is 13.0. The molecule has 1 amide bonds. The minimum absolute atomic E-state index is 0.177. The second kappa shape index (κ2) is 5.67. The van der Waals surface area contributed by atoms with Gasteiger partial charge in [-0.25, -0.2) is 0 Å². The molecule has 98 valence electrons. The Morgan fingerprint density at radius 2 is 2.22 bits per heavy atom. The first-order chi connectivity index (χ1) is 8.58. The fourth-order valence-electron chi connectivity index (χ4n) is 2.22. The van der Waals surface area contributed by atoms with E-state index in [1.807, 2.05) is 6.92 Å². The molecule has 2 rings (SSSR count). The van der Waals surface area contributed by atoms with Crippen LogP contribution in [-0.4, -0.2) is 28.1 Å². The number of hydrogen-bond donors (Lipinski definition) is 2. The molecule has 0 bridgehead atoms. The van der Waals surface area contributed by atoms with Gasteiger partial charge in [-0.15, -0.1) is 0 Å². The van der Waals surface area contributed by atoms with Crippen LogP contribution < -0.4 is 5.32 Å². The molecule has 5 heteroatoms. The molecule has 0 saturated heterocycles. The van der Waals surface area contributed by atoms with Crippen molar-refractivity contribution in [3.05, 3.63) is 28.5 Å². The molecule has 1 fully saturated rings. The van der Waals surface area contributed by atoms with E-state index in [1.165, 1.54) is 6.20 Å². The molecule has 0 aliphatic heterocycles. The van der Waals surface area contributed by atoms with Gasteiger partial charge in [-0.2, -0.15) is 0 Å². The van der Waals surface area contributed by atoms with Gasteiger partial charge in [0.15, 0.2) is 0 Å². The van der Waals surface area contributed by atoms with Crippen LogP contribution in [0.3, 0.4) is 0 Å². The molecule has 2 N–H and O–H groups in total. The van der Waals surface area contributed by atoms with Gasteiger partial charge in [0, 0.05) is 11.9 Å². The zero-order valence-electron chi connectivity index (χ0n) is 10.3. The van der Waals surface area contributed by atoms with Crippen molar-refractivity contribution in [2.45, 2.75) is 44.8 Å². The van der Waals surface area contributed by atoms with Crippen LogP contribution in [0.4, 0.5) is 0 Å². The summed E-state index contributed by atoms with van der Waals surface area (Å²) in [5.41, 5.74) is 1.13. The minimum atomic E-state index is -0.458. The Morgan fingerprint density at radius 1 is 1.50 bits per heavy atom. The number of aliphatic hydroxyl groups excluding tert-OH is 1. The van der Waals surface area contributed by atoms with Crippen molar-refractivity contribution in [1.82, 2.24) is 10.3 Å². The molecule has 0 aromatic carbocycles. The highest BCUT2D eigenvalue weighted by Crippen LogP contribution is 2.20. The molecule has 0 unspecified atom stereocenters. The quantitative estimate of drug-likeness (QED) is 0.863. The van der Waals surface area contributed by atoms with Gasteiger partial charge in [-0.1, -0.05) is 24.4 Å². The van der Waals surface area contributed by atoms with E-state index < -0.39 is 6.10 Å². The van der Waals surface area contributed by atoms with Crippen LogP contribution >= 0.6 is 11.6 Å². The summed E-state index contributed by atoms with van der Waals surface area (Å²) in [6, 6.07) is 1.48. The lowest BCUT2D eigenvalue weighted by Gasteiger charge is -2.28. The fraction of sp³-hybridized carbons (Fsp3) is 0.538. The lowest BCUT2D eigenvalue weighted by Crippen LogP contribution is -2.45. The summed E-state index contributed by atoms with van der Waals surface area (Å²) < 4.78 is 0. The Balaban J connectivity index is 2.07. The molecule has 1 aromatic rings. The number of pyridine rings is 1. The molecule has 1 aliphatic rings. The average molecular weight is 269 g/mol. The number of amides is 1. The number of carbonyl (C=O) groups is 1. The maximum atomic E-state index is 12.0. The van der Waals surface area contributed by atoms with E-state index >= 15 is 0 Å². The predicted molar refractivity (Wildman–Crippen MR) is 69.7 cm³/mol. The number of aromatic nitrogens is 1.